The Morgan fingerprint density at radius 2 is 1.70 bits per heavy atom. The maximum atomic E-state index is 12.0. The SMILES string of the molecule is Nc1ccccc1NC(=O)C=Cc1ccc(CNc2cccc(S(N)(=O)=O)c2)cc1. The van der Waals surface area contributed by atoms with Gasteiger partial charge in [-0.15, -0.1) is 0 Å². The van der Waals surface area contributed by atoms with Crippen LogP contribution in [0.15, 0.2) is 83.8 Å². The van der Waals surface area contributed by atoms with Crippen molar-refractivity contribution in [1.29, 1.82) is 0 Å². The van der Waals surface area contributed by atoms with Gasteiger partial charge in [0.05, 0.1) is 16.3 Å². The number of carbonyl (C=O) groups is 1. The summed E-state index contributed by atoms with van der Waals surface area (Å²) in [6.45, 7) is 0.506. The van der Waals surface area contributed by atoms with Gasteiger partial charge in [0, 0.05) is 18.3 Å². The Morgan fingerprint density at radius 3 is 2.40 bits per heavy atom. The molecule has 0 atom stereocenters. The zero-order valence-electron chi connectivity index (χ0n) is 16.1. The average molecular weight is 423 g/mol. The van der Waals surface area contributed by atoms with Crippen molar-refractivity contribution in [3.63, 3.8) is 0 Å². The summed E-state index contributed by atoms with van der Waals surface area (Å²) in [5.41, 5.74) is 9.40. The number of para-hydroxylation sites is 2. The van der Waals surface area contributed by atoms with E-state index in [1.54, 1.807) is 42.5 Å². The van der Waals surface area contributed by atoms with Crippen LogP contribution in [0, 0.1) is 0 Å². The van der Waals surface area contributed by atoms with E-state index >= 15 is 0 Å². The van der Waals surface area contributed by atoms with E-state index in [9.17, 15) is 13.2 Å². The van der Waals surface area contributed by atoms with Crippen molar-refractivity contribution in [2.75, 3.05) is 16.4 Å². The van der Waals surface area contributed by atoms with Crippen LogP contribution in [-0.2, 0) is 21.4 Å². The van der Waals surface area contributed by atoms with Crippen LogP contribution in [0.2, 0.25) is 0 Å². The summed E-state index contributed by atoms with van der Waals surface area (Å²) >= 11 is 0. The fourth-order valence-electron chi connectivity index (χ4n) is 2.69. The van der Waals surface area contributed by atoms with E-state index in [0.29, 0.717) is 23.6 Å². The summed E-state index contributed by atoms with van der Waals surface area (Å²) in [7, 11) is -3.74. The van der Waals surface area contributed by atoms with Crippen LogP contribution in [0.3, 0.4) is 0 Å². The highest BCUT2D eigenvalue weighted by atomic mass is 32.2. The molecule has 3 rings (SSSR count). The Balaban J connectivity index is 1.57. The lowest BCUT2D eigenvalue weighted by molar-refractivity contribution is -0.111. The second-order valence-corrected chi connectivity index (χ2v) is 8.14. The summed E-state index contributed by atoms with van der Waals surface area (Å²) in [4.78, 5) is 12.1. The molecule has 30 heavy (non-hydrogen) atoms. The third-order valence-corrected chi connectivity index (χ3v) is 5.20. The van der Waals surface area contributed by atoms with E-state index < -0.39 is 10.0 Å². The maximum Gasteiger partial charge on any atom is 0.248 e. The van der Waals surface area contributed by atoms with Crippen LogP contribution in [-0.4, -0.2) is 14.3 Å². The zero-order valence-corrected chi connectivity index (χ0v) is 16.9. The van der Waals surface area contributed by atoms with Gasteiger partial charge in [-0.05, 0) is 47.5 Å². The number of sulfonamides is 1. The van der Waals surface area contributed by atoms with Gasteiger partial charge in [-0.3, -0.25) is 4.79 Å². The van der Waals surface area contributed by atoms with Gasteiger partial charge in [-0.2, -0.15) is 0 Å². The molecular formula is C22H22N4O3S. The fraction of sp³-hybridized carbons (Fsp3) is 0.0455. The Morgan fingerprint density at radius 1 is 0.967 bits per heavy atom. The highest BCUT2D eigenvalue weighted by molar-refractivity contribution is 7.89. The van der Waals surface area contributed by atoms with E-state index in [0.717, 1.165) is 11.1 Å². The van der Waals surface area contributed by atoms with E-state index in [2.05, 4.69) is 10.6 Å². The van der Waals surface area contributed by atoms with Gasteiger partial charge in [-0.25, -0.2) is 13.6 Å². The van der Waals surface area contributed by atoms with Crippen LogP contribution in [0.4, 0.5) is 17.1 Å². The fourth-order valence-corrected chi connectivity index (χ4v) is 3.25. The predicted octanol–water partition coefficient (Wildman–Crippen LogP) is 3.18. The van der Waals surface area contributed by atoms with Crippen LogP contribution in [0.1, 0.15) is 11.1 Å². The Kier molecular flexibility index (Phi) is 6.51. The van der Waals surface area contributed by atoms with Crippen molar-refractivity contribution < 1.29 is 13.2 Å². The highest BCUT2D eigenvalue weighted by Gasteiger charge is 2.07. The Bertz CT molecular complexity index is 1170. The van der Waals surface area contributed by atoms with Gasteiger partial charge in [0.2, 0.25) is 15.9 Å². The first-order chi connectivity index (χ1) is 14.3. The number of primary sulfonamides is 1. The smallest absolute Gasteiger partial charge is 0.248 e. The third kappa shape index (κ3) is 5.94. The minimum Gasteiger partial charge on any atom is -0.397 e. The molecular weight excluding hydrogens is 400 g/mol. The number of amides is 1. The number of nitrogens with one attached hydrogen (secondary N) is 2. The monoisotopic (exact) mass is 422 g/mol. The Hall–Kier alpha value is -3.62. The lowest BCUT2D eigenvalue weighted by Gasteiger charge is -2.08. The molecule has 0 saturated heterocycles. The quantitative estimate of drug-likeness (QED) is 0.343. The molecule has 1 amide bonds. The number of nitrogens with two attached hydrogens (primary N) is 2. The van der Waals surface area contributed by atoms with Gasteiger partial charge in [0.1, 0.15) is 0 Å². The highest BCUT2D eigenvalue weighted by Crippen LogP contribution is 2.17. The molecule has 0 spiro atoms. The first-order valence-electron chi connectivity index (χ1n) is 9.10. The molecule has 0 radical (unpaired) electrons. The molecule has 8 heteroatoms. The van der Waals surface area contributed by atoms with Crippen molar-refractivity contribution >= 4 is 39.1 Å². The van der Waals surface area contributed by atoms with Crippen molar-refractivity contribution in [2.45, 2.75) is 11.4 Å². The number of rotatable bonds is 7. The van der Waals surface area contributed by atoms with Crippen molar-refractivity contribution in [3.8, 4) is 0 Å². The number of anilines is 3. The number of hydrogen-bond acceptors (Lipinski definition) is 5. The minimum atomic E-state index is -3.74. The molecule has 3 aromatic carbocycles. The summed E-state index contributed by atoms with van der Waals surface area (Å²) in [6.07, 6.45) is 3.15. The molecule has 0 aliphatic heterocycles. The van der Waals surface area contributed by atoms with Crippen molar-refractivity contribution in [2.24, 2.45) is 5.14 Å². The third-order valence-electron chi connectivity index (χ3n) is 4.28. The van der Waals surface area contributed by atoms with Crippen LogP contribution >= 0.6 is 0 Å². The predicted molar refractivity (Wildman–Crippen MR) is 120 cm³/mol. The van der Waals surface area contributed by atoms with E-state index in [-0.39, 0.29) is 10.8 Å². The molecule has 0 saturated carbocycles. The molecule has 0 unspecified atom stereocenters. The van der Waals surface area contributed by atoms with Crippen LogP contribution in [0.25, 0.3) is 6.08 Å². The molecule has 0 fully saturated rings. The van der Waals surface area contributed by atoms with Crippen molar-refractivity contribution in [3.05, 3.63) is 90.0 Å². The van der Waals surface area contributed by atoms with E-state index in [1.807, 2.05) is 24.3 Å². The molecule has 6 N–H and O–H groups in total. The normalized spacial score (nSPS) is 11.4. The van der Waals surface area contributed by atoms with Gasteiger partial charge >= 0.3 is 0 Å². The number of benzene rings is 3. The molecule has 7 nitrogen and oxygen atoms in total. The standard InChI is InChI=1S/C22H22N4O3S/c23-20-6-1-2-7-21(20)26-22(27)13-12-16-8-10-17(11-9-16)15-25-18-4-3-5-19(14-18)30(24,28)29/h1-14,25H,15,23H2,(H,26,27)(H2,24,28,29). The van der Waals surface area contributed by atoms with Gasteiger partial charge in [0.25, 0.3) is 0 Å². The number of hydrogen-bond donors (Lipinski definition) is 4. The molecule has 0 aromatic heterocycles. The first-order valence-corrected chi connectivity index (χ1v) is 10.7. The average Bonchev–Trinajstić information content (AvgIpc) is 2.73. The second kappa shape index (κ2) is 9.25. The van der Waals surface area contributed by atoms with E-state index in [1.165, 1.54) is 18.2 Å². The summed E-state index contributed by atoms with van der Waals surface area (Å²) in [5.74, 6) is -0.270. The lowest BCUT2D eigenvalue weighted by Crippen LogP contribution is -2.12. The topological polar surface area (TPSA) is 127 Å². The first kappa shape index (κ1) is 21.1. The number of nitrogen functional groups attached to an aromatic ring is 1. The summed E-state index contributed by atoms with van der Waals surface area (Å²) in [6, 6.07) is 21.0. The lowest BCUT2D eigenvalue weighted by atomic mass is 10.1. The van der Waals surface area contributed by atoms with Crippen molar-refractivity contribution in [1.82, 2.24) is 0 Å². The van der Waals surface area contributed by atoms with Crippen LogP contribution in [0.5, 0.6) is 0 Å². The zero-order chi connectivity index (χ0) is 21.6. The van der Waals surface area contributed by atoms with Crippen LogP contribution < -0.4 is 21.5 Å². The Labute approximate surface area is 175 Å². The largest absolute Gasteiger partial charge is 0.397 e. The van der Waals surface area contributed by atoms with Gasteiger partial charge < -0.3 is 16.4 Å². The molecule has 0 aliphatic rings. The van der Waals surface area contributed by atoms with Gasteiger partial charge in [-0.1, -0.05) is 42.5 Å². The molecule has 154 valence electrons. The minimum absolute atomic E-state index is 0.0588. The molecule has 0 aliphatic carbocycles. The van der Waals surface area contributed by atoms with Gasteiger partial charge in [0.15, 0.2) is 0 Å². The number of carbonyl (C=O) groups excluding carboxylic acids is 1. The maximum absolute atomic E-state index is 12.0. The summed E-state index contributed by atoms with van der Waals surface area (Å²) in [5, 5.41) is 11.0. The second-order valence-electron chi connectivity index (χ2n) is 6.58. The van der Waals surface area contributed by atoms with E-state index in [4.69, 9.17) is 10.9 Å². The summed E-state index contributed by atoms with van der Waals surface area (Å²) < 4.78 is 22.9. The molecule has 0 bridgehead atoms. The molecule has 3 aromatic rings. The molecule has 0 heterocycles.